The highest BCUT2D eigenvalue weighted by atomic mass is 32.2. The molecule has 1 N–H and O–H groups in total. The molecule has 3 heterocycles. The van der Waals surface area contributed by atoms with Crippen molar-refractivity contribution in [2.45, 2.75) is 29.6 Å². The predicted molar refractivity (Wildman–Crippen MR) is 138 cm³/mol. The number of aromatic nitrogens is 1. The monoisotopic (exact) mass is 518 g/mol. The summed E-state index contributed by atoms with van der Waals surface area (Å²) in [5.41, 5.74) is 0.828. The fourth-order valence-corrected chi connectivity index (χ4v) is 6.67. The standard InChI is InChI=1S/C26H31FN2O4S2/c1-32-18-6-7-22-19(14-18)25(21(27)15-28-22)23(30)8-5-17-9-10-29(16-20(17)26(31)33-2)11-13-35-24-4-3-12-34-24/h3-4,6-7,12,14-15,17,20,23,30H,5,8-11,13,16H2,1-2H3. The summed E-state index contributed by atoms with van der Waals surface area (Å²) in [5.74, 6) is 0.603. The minimum Gasteiger partial charge on any atom is -0.497 e. The Hall–Kier alpha value is -2.20. The van der Waals surface area contributed by atoms with E-state index in [1.54, 1.807) is 36.6 Å². The number of rotatable bonds is 10. The molecule has 4 rings (SSSR count). The SMILES string of the molecule is COC(=O)C1CN(CCSc2cccs2)CCC1CCC(O)c1c(F)cnc2ccc(OC)cc12. The van der Waals surface area contributed by atoms with Gasteiger partial charge in [-0.15, -0.1) is 23.1 Å². The van der Waals surface area contributed by atoms with E-state index >= 15 is 0 Å². The van der Waals surface area contributed by atoms with Gasteiger partial charge in [-0.25, -0.2) is 4.39 Å². The molecular formula is C26H31FN2O4S2. The molecule has 3 aromatic rings. The average molecular weight is 519 g/mol. The number of hydrogen-bond acceptors (Lipinski definition) is 8. The Morgan fingerprint density at radius 1 is 1.37 bits per heavy atom. The fourth-order valence-electron chi connectivity index (χ4n) is 4.81. The van der Waals surface area contributed by atoms with E-state index in [0.717, 1.165) is 31.5 Å². The van der Waals surface area contributed by atoms with Gasteiger partial charge in [0.15, 0.2) is 0 Å². The maximum Gasteiger partial charge on any atom is 0.310 e. The lowest BCUT2D eigenvalue weighted by molar-refractivity contribution is -0.150. The van der Waals surface area contributed by atoms with Crippen molar-refractivity contribution in [2.75, 3.05) is 39.6 Å². The van der Waals surface area contributed by atoms with Crippen LogP contribution in [0.1, 0.15) is 30.9 Å². The largest absolute Gasteiger partial charge is 0.497 e. The first-order valence-electron chi connectivity index (χ1n) is 11.8. The number of thioether (sulfide) groups is 1. The Morgan fingerprint density at radius 3 is 2.97 bits per heavy atom. The Balaban J connectivity index is 1.40. The van der Waals surface area contributed by atoms with Gasteiger partial charge in [0.1, 0.15) is 11.6 Å². The number of hydrogen-bond donors (Lipinski definition) is 1. The van der Waals surface area contributed by atoms with Crippen LogP contribution in [0.5, 0.6) is 5.75 Å². The molecule has 0 amide bonds. The molecule has 0 bridgehead atoms. The van der Waals surface area contributed by atoms with Crippen molar-refractivity contribution in [3.63, 3.8) is 0 Å². The van der Waals surface area contributed by atoms with Gasteiger partial charge in [-0.2, -0.15) is 0 Å². The minimum atomic E-state index is -1.01. The van der Waals surface area contributed by atoms with Gasteiger partial charge in [0, 0.05) is 29.8 Å². The van der Waals surface area contributed by atoms with Crippen molar-refractivity contribution >= 4 is 40.0 Å². The first-order valence-corrected chi connectivity index (χ1v) is 13.6. The van der Waals surface area contributed by atoms with Crippen LogP contribution in [0, 0.1) is 17.7 Å². The first-order chi connectivity index (χ1) is 17.0. The summed E-state index contributed by atoms with van der Waals surface area (Å²) < 4.78 is 26.4. The maximum absolute atomic E-state index is 14.8. The molecule has 1 saturated heterocycles. The molecule has 3 atom stereocenters. The highest BCUT2D eigenvalue weighted by Crippen LogP contribution is 2.35. The van der Waals surface area contributed by atoms with E-state index in [1.165, 1.54) is 11.3 Å². The van der Waals surface area contributed by atoms with Crippen LogP contribution in [-0.4, -0.2) is 60.6 Å². The van der Waals surface area contributed by atoms with Crippen LogP contribution in [-0.2, 0) is 9.53 Å². The molecule has 0 aliphatic carbocycles. The zero-order valence-corrected chi connectivity index (χ0v) is 21.6. The van der Waals surface area contributed by atoms with Gasteiger partial charge in [0.05, 0.1) is 42.2 Å². The van der Waals surface area contributed by atoms with Crippen LogP contribution in [0.4, 0.5) is 4.39 Å². The van der Waals surface area contributed by atoms with Gasteiger partial charge in [-0.05, 0) is 61.4 Å². The smallest absolute Gasteiger partial charge is 0.310 e. The molecular weight excluding hydrogens is 487 g/mol. The number of methoxy groups -OCH3 is 2. The Bertz CT molecular complexity index is 1130. The molecule has 1 aliphatic heterocycles. The molecule has 6 nitrogen and oxygen atoms in total. The van der Waals surface area contributed by atoms with Crippen LogP contribution in [0.2, 0.25) is 0 Å². The lowest BCUT2D eigenvalue weighted by Gasteiger charge is -2.37. The van der Waals surface area contributed by atoms with E-state index in [0.29, 0.717) is 36.0 Å². The second kappa shape index (κ2) is 12.2. The average Bonchev–Trinajstić information content (AvgIpc) is 3.40. The number of benzene rings is 1. The molecule has 1 fully saturated rings. The van der Waals surface area contributed by atoms with Crippen molar-refractivity contribution in [3.05, 3.63) is 53.3 Å². The van der Waals surface area contributed by atoms with E-state index in [1.807, 2.05) is 11.8 Å². The Kier molecular flexibility index (Phi) is 8.99. The Labute approximate surface area is 213 Å². The Morgan fingerprint density at radius 2 is 2.23 bits per heavy atom. The highest BCUT2D eigenvalue weighted by molar-refractivity contribution is 8.01. The van der Waals surface area contributed by atoms with Gasteiger partial charge in [0.2, 0.25) is 0 Å². The number of carbonyl (C=O) groups excluding carboxylic acids is 1. The molecule has 188 valence electrons. The number of fused-ring (bicyclic) bond motifs is 1. The van der Waals surface area contributed by atoms with Crippen LogP contribution < -0.4 is 4.74 Å². The van der Waals surface area contributed by atoms with E-state index in [-0.39, 0.29) is 23.4 Å². The van der Waals surface area contributed by atoms with Gasteiger partial charge in [0.25, 0.3) is 0 Å². The third-order valence-corrected chi connectivity index (χ3v) is 8.81. The first kappa shape index (κ1) is 25.9. The van der Waals surface area contributed by atoms with E-state index < -0.39 is 11.9 Å². The predicted octanol–water partition coefficient (Wildman–Crippen LogP) is 5.16. The molecule has 1 aliphatic rings. The number of ether oxygens (including phenoxy) is 2. The van der Waals surface area contributed by atoms with E-state index in [2.05, 4.69) is 27.4 Å². The third-order valence-electron chi connectivity index (χ3n) is 6.70. The quantitative estimate of drug-likeness (QED) is 0.294. The van der Waals surface area contributed by atoms with Crippen LogP contribution in [0.25, 0.3) is 10.9 Å². The second-order valence-electron chi connectivity index (χ2n) is 8.76. The fraction of sp³-hybridized carbons (Fsp3) is 0.462. The summed E-state index contributed by atoms with van der Waals surface area (Å²) in [6, 6.07) is 9.39. The minimum absolute atomic E-state index is 0.0731. The molecule has 2 aromatic heterocycles. The maximum atomic E-state index is 14.8. The third kappa shape index (κ3) is 6.33. The molecule has 0 saturated carbocycles. The van der Waals surface area contributed by atoms with Crippen molar-refractivity contribution in [1.29, 1.82) is 0 Å². The molecule has 0 radical (unpaired) electrons. The topological polar surface area (TPSA) is 71.9 Å². The number of carbonyl (C=O) groups is 1. The summed E-state index contributed by atoms with van der Waals surface area (Å²) in [4.78, 5) is 19.1. The zero-order chi connectivity index (χ0) is 24.8. The van der Waals surface area contributed by atoms with Gasteiger partial charge < -0.3 is 19.5 Å². The number of nitrogens with zero attached hydrogens (tertiary/aromatic N) is 2. The summed E-state index contributed by atoms with van der Waals surface area (Å²) in [6.45, 7) is 2.44. The van der Waals surface area contributed by atoms with Crippen molar-refractivity contribution in [1.82, 2.24) is 9.88 Å². The second-order valence-corrected chi connectivity index (χ2v) is 11.1. The highest BCUT2D eigenvalue weighted by Gasteiger charge is 2.35. The summed E-state index contributed by atoms with van der Waals surface area (Å²) >= 11 is 3.57. The lowest BCUT2D eigenvalue weighted by Crippen LogP contribution is -2.45. The van der Waals surface area contributed by atoms with E-state index in [9.17, 15) is 14.3 Å². The molecule has 3 unspecified atom stereocenters. The molecule has 9 heteroatoms. The van der Waals surface area contributed by atoms with Crippen LogP contribution in [0.3, 0.4) is 0 Å². The number of pyridine rings is 1. The number of aliphatic hydroxyl groups excluding tert-OH is 1. The van der Waals surface area contributed by atoms with Crippen molar-refractivity contribution in [2.24, 2.45) is 11.8 Å². The molecule has 35 heavy (non-hydrogen) atoms. The normalized spacial score (nSPS) is 19.5. The van der Waals surface area contributed by atoms with E-state index in [4.69, 9.17) is 9.47 Å². The molecule has 1 aromatic carbocycles. The number of esters is 1. The number of halogens is 1. The summed E-state index contributed by atoms with van der Waals surface area (Å²) in [5, 5.41) is 13.6. The van der Waals surface area contributed by atoms with Crippen molar-refractivity contribution < 1.29 is 23.8 Å². The van der Waals surface area contributed by atoms with Crippen molar-refractivity contribution in [3.8, 4) is 5.75 Å². The number of aliphatic hydroxyl groups is 1. The van der Waals surface area contributed by atoms with Crippen LogP contribution >= 0.6 is 23.1 Å². The number of thiophene rings is 1. The van der Waals surface area contributed by atoms with Gasteiger partial charge >= 0.3 is 5.97 Å². The van der Waals surface area contributed by atoms with Gasteiger partial charge in [-0.3, -0.25) is 9.78 Å². The summed E-state index contributed by atoms with van der Waals surface area (Å²) in [7, 11) is 2.97. The molecule has 0 spiro atoms. The zero-order valence-electron chi connectivity index (χ0n) is 20.0. The lowest BCUT2D eigenvalue weighted by atomic mass is 9.81. The summed E-state index contributed by atoms with van der Waals surface area (Å²) in [6.07, 6.45) is 1.93. The van der Waals surface area contributed by atoms with Gasteiger partial charge in [-0.1, -0.05) is 6.07 Å². The van der Waals surface area contributed by atoms with Crippen LogP contribution in [0.15, 0.2) is 46.1 Å². The number of likely N-dealkylation sites (tertiary alicyclic amines) is 1. The number of piperidine rings is 1.